The van der Waals surface area contributed by atoms with E-state index in [0.29, 0.717) is 21.0 Å². The van der Waals surface area contributed by atoms with E-state index < -0.39 is 5.97 Å². The molecule has 0 aliphatic carbocycles. The van der Waals surface area contributed by atoms with Crippen molar-refractivity contribution < 1.29 is 14.3 Å². The zero-order valence-electron chi connectivity index (χ0n) is 11.7. The van der Waals surface area contributed by atoms with Crippen molar-refractivity contribution in [2.45, 2.75) is 13.3 Å². The fourth-order valence-corrected chi connectivity index (χ4v) is 3.03. The number of hydrogen-bond acceptors (Lipinski definition) is 3. The molecule has 0 radical (unpaired) electrons. The van der Waals surface area contributed by atoms with Gasteiger partial charge in [-0.1, -0.05) is 24.6 Å². The van der Waals surface area contributed by atoms with Crippen LogP contribution < -0.4 is 9.47 Å². The molecule has 0 fully saturated rings. The Hall–Kier alpha value is -1.04. The standard InChI is InChI=1S/C16H13Br2ClO3/c1-2-10-3-5-15(12(17)7-10)22-16(20)9-21-14-6-4-11(19)8-13(14)18/h3-8H,2,9H2,1H3. The van der Waals surface area contributed by atoms with Crippen LogP contribution >= 0.6 is 43.5 Å². The molecule has 2 rings (SSSR count). The Bertz CT molecular complexity index is 689. The maximum Gasteiger partial charge on any atom is 0.349 e. The van der Waals surface area contributed by atoms with Crippen LogP contribution in [0.1, 0.15) is 12.5 Å². The third kappa shape index (κ3) is 4.73. The van der Waals surface area contributed by atoms with E-state index in [1.165, 1.54) is 0 Å². The van der Waals surface area contributed by atoms with E-state index in [9.17, 15) is 4.79 Å². The molecule has 116 valence electrons. The monoisotopic (exact) mass is 446 g/mol. The summed E-state index contributed by atoms with van der Waals surface area (Å²) in [6.45, 7) is 1.87. The second kappa shape index (κ2) is 7.99. The molecule has 0 heterocycles. The lowest BCUT2D eigenvalue weighted by molar-refractivity contribution is -0.136. The highest BCUT2D eigenvalue weighted by Crippen LogP contribution is 2.29. The van der Waals surface area contributed by atoms with Crippen molar-refractivity contribution in [3.8, 4) is 11.5 Å². The third-order valence-corrected chi connectivity index (χ3v) is 4.34. The maximum absolute atomic E-state index is 11.9. The fraction of sp³-hybridized carbons (Fsp3) is 0.188. The molecule has 0 saturated carbocycles. The molecule has 6 heteroatoms. The van der Waals surface area contributed by atoms with E-state index in [1.807, 2.05) is 12.1 Å². The lowest BCUT2D eigenvalue weighted by Gasteiger charge is -2.10. The van der Waals surface area contributed by atoms with Gasteiger partial charge < -0.3 is 9.47 Å². The summed E-state index contributed by atoms with van der Waals surface area (Å²) in [5, 5.41) is 0.585. The van der Waals surface area contributed by atoms with Crippen LogP contribution in [-0.4, -0.2) is 12.6 Å². The van der Waals surface area contributed by atoms with Crippen molar-refractivity contribution in [1.29, 1.82) is 0 Å². The fourth-order valence-electron chi connectivity index (χ4n) is 1.73. The number of carbonyl (C=O) groups is 1. The number of hydrogen-bond donors (Lipinski definition) is 0. The molecule has 0 N–H and O–H groups in total. The van der Waals surface area contributed by atoms with Crippen molar-refractivity contribution >= 4 is 49.4 Å². The van der Waals surface area contributed by atoms with E-state index in [1.54, 1.807) is 24.3 Å². The molecule has 0 saturated heterocycles. The number of benzene rings is 2. The van der Waals surface area contributed by atoms with Gasteiger partial charge in [0.2, 0.25) is 0 Å². The van der Waals surface area contributed by atoms with Gasteiger partial charge in [0.1, 0.15) is 11.5 Å². The number of rotatable bonds is 5. The van der Waals surface area contributed by atoms with E-state index in [2.05, 4.69) is 38.8 Å². The highest BCUT2D eigenvalue weighted by atomic mass is 79.9. The normalized spacial score (nSPS) is 10.4. The van der Waals surface area contributed by atoms with Crippen LogP contribution in [0.2, 0.25) is 5.02 Å². The highest BCUT2D eigenvalue weighted by molar-refractivity contribution is 9.10. The van der Waals surface area contributed by atoms with Gasteiger partial charge in [0.15, 0.2) is 6.61 Å². The second-order valence-corrected chi connectivity index (χ2v) is 6.60. The van der Waals surface area contributed by atoms with Gasteiger partial charge in [-0.3, -0.25) is 0 Å². The third-order valence-electron chi connectivity index (χ3n) is 2.87. The van der Waals surface area contributed by atoms with Crippen LogP contribution in [0.15, 0.2) is 45.3 Å². The molecule has 0 unspecified atom stereocenters. The molecule has 0 aliphatic heterocycles. The van der Waals surface area contributed by atoms with Crippen molar-refractivity contribution in [2.75, 3.05) is 6.61 Å². The molecule has 0 aromatic heterocycles. The Kier molecular flexibility index (Phi) is 6.29. The smallest absolute Gasteiger partial charge is 0.349 e. The highest BCUT2D eigenvalue weighted by Gasteiger charge is 2.11. The number of carbonyl (C=O) groups excluding carboxylic acids is 1. The van der Waals surface area contributed by atoms with Crippen LogP contribution in [0.5, 0.6) is 11.5 Å². The number of esters is 1. The predicted octanol–water partition coefficient (Wildman–Crippen LogP) is 5.41. The quantitative estimate of drug-likeness (QED) is 0.453. The zero-order valence-corrected chi connectivity index (χ0v) is 15.7. The SMILES string of the molecule is CCc1ccc(OC(=O)COc2ccc(Cl)cc2Br)c(Br)c1. The van der Waals surface area contributed by atoms with Crippen LogP contribution in [0.3, 0.4) is 0 Å². The zero-order chi connectivity index (χ0) is 16.1. The summed E-state index contributed by atoms with van der Waals surface area (Å²) < 4.78 is 12.1. The summed E-state index contributed by atoms with van der Waals surface area (Å²) in [4.78, 5) is 11.9. The van der Waals surface area contributed by atoms with Crippen LogP contribution in [0.4, 0.5) is 0 Å². The van der Waals surface area contributed by atoms with Crippen LogP contribution in [-0.2, 0) is 11.2 Å². The van der Waals surface area contributed by atoms with Crippen molar-refractivity contribution in [3.05, 3.63) is 55.9 Å². The minimum absolute atomic E-state index is 0.192. The molecular formula is C16H13Br2ClO3. The lowest BCUT2D eigenvalue weighted by atomic mass is 10.2. The maximum atomic E-state index is 11.9. The molecule has 0 bridgehead atoms. The molecule has 2 aromatic rings. The van der Waals surface area contributed by atoms with Crippen LogP contribution in [0, 0.1) is 0 Å². The van der Waals surface area contributed by atoms with Crippen molar-refractivity contribution in [1.82, 2.24) is 0 Å². The predicted molar refractivity (Wildman–Crippen MR) is 93.8 cm³/mol. The first-order chi connectivity index (χ1) is 10.5. The number of aryl methyl sites for hydroxylation is 1. The minimum atomic E-state index is -0.480. The molecule has 0 amide bonds. The van der Waals surface area contributed by atoms with E-state index in [-0.39, 0.29) is 6.61 Å². The van der Waals surface area contributed by atoms with E-state index >= 15 is 0 Å². The van der Waals surface area contributed by atoms with Gasteiger partial charge in [0, 0.05) is 5.02 Å². The largest absolute Gasteiger partial charge is 0.481 e. The topological polar surface area (TPSA) is 35.5 Å². The number of halogens is 3. The Morgan fingerprint density at radius 2 is 1.77 bits per heavy atom. The first kappa shape index (κ1) is 17.3. The van der Waals surface area contributed by atoms with E-state index in [0.717, 1.165) is 16.5 Å². The van der Waals surface area contributed by atoms with Gasteiger partial charge in [0.05, 0.1) is 8.95 Å². The molecule has 0 atom stereocenters. The minimum Gasteiger partial charge on any atom is -0.481 e. The summed E-state index contributed by atoms with van der Waals surface area (Å²) >= 11 is 12.6. The Morgan fingerprint density at radius 1 is 1.09 bits per heavy atom. The van der Waals surface area contributed by atoms with Crippen molar-refractivity contribution in [2.24, 2.45) is 0 Å². The number of ether oxygens (including phenoxy) is 2. The second-order valence-electron chi connectivity index (χ2n) is 4.46. The Balaban J connectivity index is 1.95. The van der Waals surface area contributed by atoms with Crippen LogP contribution in [0.25, 0.3) is 0 Å². The van der Waals surface area contributed by atoms with Gasteiger partial charge >= 0.3 is 5.97 Å². The van der Waals surface area contributed by atoms with Gasteiger partial charge in [-0.2, -0.15) is 0 Å². The summed E-state index contributed by atoms with van der Waals surface area (Å²) in [7, 11) is 0. The summed E-state index contributed by atoms with van der Waals surface area (Å²) in [6.07, 6.45) is 0.917. The average molecular weight is 449 g/mol. The molecule has 22 heavy (non-hydrogen) atoms. The summed E-state index contributed by atoms with van der Waals surface area (Å²) in [6, 6.07) is 10.7. The molecule has 0 aliphatic rings. The summed E-state index contributed by atoms with van der Waals surface area (Å²) in [5.41, 5.74) is 1.16. The molecule has 2 aromatic carbocycles. The first-order valence-electron chi connectivity index (χ1n) is 6.56. The first-order valence-corrected chi connectivity index (χ1v) is 8.53. The van der Waals surface area contributed by atoms with Gasteiger partial charge in [-0.15, -0.1) is 0 Å². The molecular weight excluding hydrogens is 435 g/mol. The van der Waals surface area contributed by atoms with E-state index in [4.69, 9.17) is 21.1 Å². The summed E-state index contributed by atoms with van der Waals surface area (Å²) in [5.74, 6) is 0.523. The van der Waals surface area contributed by atoms with Gasteiger partial charge in [-0.05, 0) is 74.2 Å². The Labute approximate surface area is 150 Å². The van der Waals surface area contributed by atoms with Gasteiger partial charge in [-0.25, -0.2) is 4.79 Å². The lowest BCUT2D eigenvalue weighted by Crippen LogP contribution is -2.18. The molecule has 3 nitrogen and oxygen atoms in total. The Morgan fingerprint density at radius 3 is 2.41 bits per heavy atom. The van der Waals surface area contributed by atoms with Gasteiger partial charge in [0.25, 0.3) is 0 Å². The average Bonchev–Trinajstić information content (AvgIpc) is 2.48. The van der Waals surface area contributed by atoms with Crippen molar-refractivity contribution in [3.63, 3.8) is 0 Å². The molecule has 0 spiro atoms.